The van der Waals surface area contributed by atoms with Crippen molar-refractivity contribution in [1.29, 1.82) is 0 Å². The van der Waals surface area contributed by atoms with Crippen molar-refractivity contribution in [3.63, 3.8) is 0 Å². The molecule has 1 aliphatic rings. The average molecular weight is 289 g/mol. The lowest BCUT2D eigenvalue weighted by Crippen LogP contribution is -2.41. The molecule has 1 saturated heterocycles. The Hall–Kier alpha value is -1.99. The number of hydrogen-bond donors (Lipinski definition) is 0. The lowest BCUT2D eigenvalue weighted by molar-refractivity contribution is -0.155. The van der Waals surface area contributed by atoms with Crippen LogP contribution in [0.15, 0.2) is 0 Å². The minimum Gasteiger partial charge on any atom is -0.460 e. The van der Waals surface area contributed by atoms with Crippen LogP contribution < -0.4 is 0 Å². The summed E-state index contributed by atoms with van der Waals surface area (Å²) in [5, 5.41) is 0.480. The van der Waals surface area contributed by atoms with E-state index < -0.39 is 36.5 Å². The number of nitrogens with zero attached hydrogens (tertiary/aromatic N) is 1. The molecule has 8 nitrogen and oxygen atoms in total. The summed E-state index contributed by atoms with van der Waals surface area (Å²) in [4.78, 5) is 39.5. The maximum atomic E-state index is 11.8. The molecule has 0 saturated carbocycles. The molecule has 0 aromatic rings. The fraction of sp³-hybridized carbons (Fsp3) is 0.750. The molecular weight excluding hydrogens is 270 g/mol. The van der Waals surface area contributed by atoms with Crippen LogP contribution in [0, 0.1) is 0 Å². The van der Waals surface area contributed by atoms with E-state index in [2.05, 4.69) is 4.84 Å². The maximum Gasteiger partial charge on any atom is 0.534 e. The number of ether oxygens (including phenoxy) is 3. The van der Waals surface area contributed by atoms with Gasteiger partial charge in [-0.1, -0.05) is 6.92 Å². The first-order chi connectivity index (χ1) is 9.21. The van der Waals surface area contributed by atoms with Gasteiger partial charge in [-0.15, -0.1) is 5.06 Å². The van der Waals surface area contributed by atoms with E-state index in [9.17, 15) is 14.4 Å². The van der Waals surface area contributed by atoms with Gasteiger partial charge in [0.15, 0.2) is 6.54 Å². The largest absolute Gasteiger partial charge is 0.534 e. The summed E-state index contributed by atoms with van der Waals surface area (Å²) in [6, 6.07) is 0. The van der Waals surface area contributed by atoms with Gasteiger partial charge < -0.3 is 14.2 Å². The van der Waals surface area contributed by atoms with Gasteiger partial charge in [-0.3, -0.25) is 4.84 Å². The number of esters is 1. The summed E-state index contributed by atoms with van der Waals surface area (Å²) in [5.41, 5.74) is -0.793. The first-order valence-corrected chi connectivity index (χ1v) is 6.26. The van der Waals surface area contributed by atoms with E-state index in [1.807, 2.05) is 0 Å². The number of cyclic esters (lactones) is 2. The molecule has 1 fully saturated rings. The predicted molar refractivity (Wildman–Crippen MR) is 65.5 cm³/mol. The smallest absolute Gasteiger partial charge is 0.460 e. The molecule has 114 valence electrons. The summed E-state index contributed by atoms with van der Waals surface area (Å²) in [6.07, 6.45) is -2.21. The molecule has 1 atom stereocenters. The normalized spacial score (nSPS) is 20.8. The van der Waals surface area contributed by atoms with Gasteiger partial charge in [0.1, 0.15) is 18.3 Å². The fourth-order valence-corrected chi connectivity index (χ4v) is 1.28. The quantitative estimate of drug-likeness (QED) is 0.535. The molecule has 0 spiro atoms. The summed E-state index contributed by atoms with van der Waals surface area (Å²) in [7, 11) is 0. The highest BCUT2D eigenvalue weighted by molar-refractivity contribution is 5.78. The number of hydroxylamine groups is 2. The standard InChI is InChI=1S/C12H19NO7/c1-5-8-7-17-9(14)6-13(20-11(16)18-8)10(15)19-12(2,3)4/h8H,5-7H2,1-4H3. The van der Waals surface area contributed by atoms with Crippen LogP contribution in [0.2, 0.25) is 0 Å². The Labute approximate surface area is 116 Å². The van der Waals surface area contributed by atoms with E-state index in [1.165, 1.54) is 0 Å². The molecule has 0 bridgehead atoms. The molecule has 0 radical (unpaired) electrons. The predicted octanol–water partition coefficient (Wildman–Crippen LogP) is 1.63. The zero-order valence-corrected chi connectivity index (χ0v) is 12.0. The van der Waals surface area contributed by atoms with Crippen LogP contribution in [-0.4, -0.2) is 48.1 Å². The monoisotopic (exact) mass is 289 g/mol. The molecule has 0 aliphatic carbocycles. The first-order valence-electron chi connectivity index (χ1n) is 6.26. The Morgan fingerprint density at radius 1 is 1.40 bits per heavy atom. The molecule has 20 heavy (non-hydrogen) atoms. The average Bonchev–Trinajstić information content (AvgIpc) is 2.37. The van der Waals surface area contributed by atoms with Crippen molar-refractivity contribution in [3.8, 4) is 0 Å². The van der Waals surface area contributed by atoms with Crippen molar-refractivity contribution in [1.82, 2.24) is 5.06 Å². The van der Waals surface area contributed by atoms with E-state index in [0.29, 0.717) is 11.5 Å². The van der Waals surface area contributed by atoms with Gasteiger partial charge in [-0.25, -0.2) is 14.4 Å². The zero-order chi connectivity index (χ0) is 15.3. The highest BCUT2D eigenvalue weighted by Gasteiger charge is 2.31. The molecule has 0 aromatic carbocycles. The van der Waals surface area contributed by atoms with E-state index in [4.69, 9.17) is 14.2 Å². The zero-order valence-electron chi connectivity index (χ0n) is 12.0. The topological polar surface area (TPSA) is 91.4 Å². The Bertz CT molecular complexity index is 388. The lowest BCUT2D eigenvalue weighted by atomic mass is 10.2. The van der Waals surface area contributed by atoms with Crippen molar-refractivity contribution in [2.45, 2.75) is 45.8 Å². The maximum absolute atomic E-state index is 11.8. The second kappa shape index (κ2) is 6.44. The second-order valence-electron chi connectivity index (χ2n) is 5.19. The molecule has 1 amide bonds. The Balaban J connectivity index is 2.77. The van der Waals surface area contributed by atoms with E-state index in [1.54, 1.807) is 27.7 Å². The van der Waals surface area contributed by atoms with Crippen molar-refractivity contribution in [2.24, 2.45) is 0 Å². The third-order valence-corrected chi connectivity index (χ3v) is 2.20. The van der Waals surface area contributed by atoms with Gasteiger partial charge >= 0.3 is 18.2 Å². The SMILES string of the molecule is CCC1COC(=O)CN(C(=O)OC(C)(C)C)OC(=O)O1. The minimum absolute atomic E-state index is 0.0768. The number of hydrogen-bond acceptors (Lipinski definition) is 7. The summed E-state index contributed by atoms with van der Waals surface area (Å²) >= 11 is 0. The van der Waals surface area contributed by atoms with Crippen LogP contribution >= 0.6 is 0 Å². The van der Waals surface area contributed by atoms with E-state index in [-0.39, 0.29) is 6.61 Å². The second-order valence-corrected chi connectivity index (χ2v) is 5.19. The third kappa shape index (κ3) is 5.33. The van der Waals surface area contributed by atoms with Crippen LogP contribution in [0.25, 0.3) is 0 Å². The number of carbonyl (C=O) groups is 3. The molecule has 1 rings (SSSR count). The highest BCUT2D eigenvalue weighted by Crippen LogP contribution is 2.12. The van der Waals surface area contributed by atoms with Gasteiger partial charge in [0.25, 0.3) is 0 Å². The van der Waals surface area contributed by atoms with Gasteiger partial charge in [-0.05, 0) is 27.2 Å². The molecule has 8 heteroatoms. The van der Waals surface area contributed by atoms with E-state index >= 15 is 0 Å². The molecule has 0 aromatic heterocycles. The van der Waals surface area contributed by atoms with Crippen molar-refractivity contribution < 1.29 is 33.4 Å². The number of rotatable bonds is 1. The fourth-order valence-electron chi connectivity index (χ4n) is 1.28. The minimum atomic E-state index is -1.08. The lowest BCUT2D eigenvalue weighted by Gasteiger charge is -2.24. The molecule has 1 aliphatic heterocycles. The van der Waals surface area contributed by atoms with Crippen LogP contribution in [0.1, 0.15) is 34.1 Å². The Morgan fingerprint density at radius 3 is 2.60 bits per heavy atom. The van der Waals surface area contributed by atoms with Crippen LogP contribution in [0.3, 0.4) is 0 Å². The van der Waals surface area contributed by atoms with E-state index in [0.717, 1.165) is 0 Å². The number of amides is 1. The van der Waals surface area contributed by atoms with Gasteiger partial charge in [0, 0.05) is 0 Å². The van der Waals surface area contributed by atoms with Crippen LogP contribution in [0.5, 0.6) is 0 Å². The summed E-state index contributed by atoms with van der Waals surface area (Å²) in [6.45, 7) is 6.06. The molecule has 1 unspecified atom stereocenters. The number of carbonyl (C=O) groups excluding carboxylic acids is 3. The van der Waals surface area contributed by atoms with Gasteiger partial charge in [0.05, 0.1) is 0 Å². The van der Waals surface area contributed by atoms with Crippen LogP contribution in [0.4, 0.5) is 9.59 Å². The van der Waals surface area contributed by atoms with Gasteiger partial charge in [0.2, 0.25) is 0 Å². The summed E-state index contributed by atoms with van der Waals surface area (Å²) < 4.78 is 14.8. The Kier molecular flexibility index (Phi) is 5.18. The molecule has 0 N–H and O–H groups in total. The Morgan fingerprint density at radius 2 is 2.05 bits per heavy atom. The first kappa shape index (κ1) is 16.1. The molecule has 1 heterocycles. The van der Waals surface area contributed by atoms with Crippen molar-refractivity contribution in [2.75, 3.05) is 13.2 Å². The van der Waals surface area contributed by atoms with Crippen LogP contribution in [-0.2, 0) is 23.8 Å². The van der Waals surface area contributed by atoms with Crippen molar-refractivity contribution >= 4 is 18.2 Å². The van der Waals surface area contributed by atoms with Gasteiger partial charge in [-0.2, -0.15) is 0 Å². The van der Waals surface area contributed by atoms with Crippen molar-refractivity contribution in [3.05, 3.63) is 0 Å². The molecular formula is C12H19NO7. The third-order valence-electron chi connectivity index (χ3n) is 2.20. The highest BCUT2D eigenvalue weighted by atomic mass is 16.8. The summed E-state index contributed by atoms with van der Waals surface area (Å²) in [5.74, 6) is -0.715.